The Labute approximate surface area is 119 Å². The van der Waals surface area contributed by atoms with Crippen molar-refractivity contribution in [3.63, 3.8) is 0 Å². The maximum Gasteiger partial charge on any atom is 0.0544 e. The van der Waals surface area contributed by atoms with Crippen LogP contribution in [0.25, 0.3) is 0 Å². The van der Waals surface area contributed by atoms with Crippen molar-refractivity contribution in [2.75, 3.05) is 5.88 Å². The number of halogens is 1. The van der Waals surface area contributed by atoms with Crippen LogP contribution in [0.5, 0.6) is 0 Å². The first kappa shape index (κ1) is 14.0. The van der Waals surface area contributed by atoms with Gasteiger partial charge in [-0.05, 0) is 31.0 Å². The van der Waals surface area contributed by atoms with Gasteiger partial charge in [0.05, 0.1) is 5.69 Å². The van der Waals surface area contributed by atoms with Crippen LogP contribution in [0.4, 0.5) is 0 Å². The van der Waals surface area contributed by atoms with Gasteiger partial charge < -0.3 is 5.32 Å². The standard InChI is InChI=1S/C16H19ClN2/c1-13-6-5-9-15(19-13)12-18-16(11-17)10-14-7-3-2-4-8-14/h2-9,16,18H,10-12H2,1H3. The fourth-order valence-corrected chi connectivity index (χ4v) is 2.24. The van der Waals surface area contributed by atoms with E-state index in [0.717, 1.165) is 24.4 Å². The van der Waals surface area contributed by atoms with E-state index in [1.807, 2.05) is 31.2 Å². The minimum absolute atomic E-state index is 0.270. The van der Waals surface area contributed by atoms with Gasteiger partial charge in [-0.2, -0.15) is 0 Å². The molecule has 0 spiro atoms. The van der Waals surface area contributed by atoms with Crippen molar-refractivity contribution in [2.45, 2.75) is 25.9 Å². The summed E-state index contributed by atoms with van der Waals surface area (Å²) in [5, 5.41) is 3.47. The van der Waals surface area contributed by atoms with E-state index in [4.69, 9.17) is 11.6 Å². The highest BCUT2D eigenvalue weighted by molar-refractivity contribution is 6.18. The molecule has 1 aromatic heterocycles. The SMILES string of the molecule is Cc1cccc(CNC(CCl)Cc2ccccc2)n1. The van der Waals surface area contributed by atoms with Crippen LogP contribution in [0, 0.1) is 6.92 Å². The van der Waals surface area contributed by atoms with E-state index in [1.54, 1.807) is 0 Å². The van der Waals surface area contributed by atoms with E-state index in [1.165, 1.54) is 5.56 Å². The number of rotatable bonds is 6. The third kappa shape index (κ3) is 4.66. The predicted octanol–water partition coefficient (Wildman–Crippen LogP) is 3.33. The Morgan fingerprint density at radius 2 is 1.89 bits per heavy atom. The van der Waals surface area contributed by atoms with Crippen LogP contribution in [0.1, 0.15) is 17.0 Å². The first-order valence-corrected chi connectivity index (χ1v) is 7.07. The van der Waals surface area contributed by atoms with E-state index >= 15 is 0 Å². The Kier molecular flexibility index (Phi) is 5.37. The lowest BCUT2D eigenvalue weighted by Crippen LogP contribution is -2.32. The summed E-state index contributed by atoms with van der Waals surface area (Å²) in [6.07, 6.45) is 0.941. The van der Waals surface area contributed by atoms with Crippen molar-refractivity contribution in [3.8, 4) is 0 Å². The predicted molar refractivity (Wildman–Crippen MR) is 80.5 cm³/mol. The number of benzene rings is 1. The second kappa shape index (κ2) is 7.27. The van der Waals surface area contributed by atoms with Gasteiger partial charge in [0.1, 0.15) is 0 Å². The summed E-state index contributed by atoms with van der Waals surface area (Å²) in [7, 11) is 0. The number of aromatic nitrogens is 1. The van der Waals surface area contributed by atoms with Crippen LogP contribution in [-0.2, 0) is 13.0 Å². The van der Waals surface area contributed by atoms with Gasteiger partial charge in [-0.3, -0.25) is 4.98 Å². The Morgan fingerprint density at radius 3 is 2.58 bits per heavy atom. The number of alkyl halides is 1. The molecule has 19 heavy (non-hydrogen) atoms. The van der Waals surface area contributed by atoms with Crippen LogP contribution >= 0.6 is 11.6 Å². The van der Waals surface area contributed by atoms with Gasteiger partial charge in [0.25, 0.3) is 0 Å². The number of hydrogen-bond donors (Lipinski definition) is 1. The summed E-state index contributed by atoms with van der Waals surface area (Å²) in [5.41, 5.74) is 3.41. The van der Waals surface area contributed by atoms with Gasteiger partial charge in [-0.25, -0.2) is 0 Å². The fraction of sp³-hybridized carbons (Fsp3) is 0.312. The summed E-state index contributed by atoms with van der Waals surface area (Å²) < 4.78 is 0. The lowest BCUT2D eigenvalue weighted by Gasteiger charge is -2.16. The number of aryl methyl sites for hydroxylation is 1. The smallest absolute Gasteiger partial charge is 0.0544 e. The van der Waals surface area contributed by atoms with Gasteiger partial charge >= 0.3 is 0 Å². The molecule has 100 valence electrons. The molecule has 0 bridgehead atoms. The third-order valence-corrected chi connectivity index (χ3v) is 3.40. The molecule has 0 amide bonds. The number of nitrogens with one attached hydrogen (secondary N) is 1. The van der Waals surface area contributed by atoms with Gasteiger partial charge in [-0.1, -0.05) is 36.4 Å². The molecule has 0 radical (unpaired) electrons. The molecular weight excluding hydrogens is 256 g/mol. The molecule has 2 nitrogen and oxygen atoms in total. The highest BCUT2D eigenvalue weighted by atomic mass is 35.5. The van der Waals surface area contributed by atoms with Crippen molar-refractivity contribution in [1.82, 2.24) is 10.3 Å². The highest BCUT2D eigenvalue weighted by Crippen LogP contribution is 2.06. The average molecular weight is 275 g/mol. The molecule has 1 unspecified atom stereocenters. The number of hydrogen-bond acceptors (Lipinski definition) is 2. The zero-order chi connectivity index (χ0) is 13.5. The molecule has 0 saturated carbocycles. The van der Waals surface area contributed by atoms with Gasteiger partial charge in [-0.15, -0.1) is 11.6 Å². The molecule has 0 aliphatic heterocycles. The van der Waals surface area contributed by atoms with Crippen molar-refractivity contribution >= 4 is 11.6 Å². The maximum absolute atomic E-state index is 6.03. The maximum atomic E-state index is 6.03. The average Bonchev–Trinajstić information content (AvgIpc) is 2.44. The molecule has 1 atom stereocenters. The van der Waals surface area contributed by atoms with E-state index in [-0.39, 0.29) is 6.04 Å². The molecule has 0 fully saturated rings. The monoisotopic (exact) mass is 274 g/mol. The summed E-state index contributed by atoms with van der Waals surface area (Å²) in [6.45, 7) is 2.76. The van der Waals surface area contributed by atoms with Crippen molar-refractivity contribution in [3.05, 3.63) is 65.5 Å². The van der Waals surface area contributed by atoms with E-state index in [2.05, 4.69) is 34.6 Å². The van der Waals surface area contributed by atoms with E-state index in [0.29, 0.717) is 5.88 Å². The van der Waals surface area contributed by atoms with Gasteiger partial charge in [0, 0.05) is 24.2 Å². The quantitative estimate of drug-likeness (QED) is 0.818. The molecule has 1 N–H and O–H groups in total. The summed E-state index contributed by atoms with van der Waals surface area (Å²) in [5.74, 6) is 0.598. The van der Waals surface area contributed by atoms with Gasteiger partial charge in [0.2, 0.25) is 0 Å². The molecule has 0 aliphatic carbocycles. The van der Waals surface area contributed by atoms with Crippen LogP contribution in [-0.4, -0.2) is 16.9 Å². The van der Waals surface area contributed by atoms with Gasteiger partial charge in [0.15, 0.2) is 0 Å². The summed E-state index contributed by atoms with van der Waals surface area (Å²) in [6, 6.07) is 16.8. The summed E-state index contributed by atoms with van der Waals surface area (Å²) >= 11 is 6.03. The Bertz CT molecular complexity index is 499. The van der Waals surface area contributed by atoms with E-state index in [9.17, 15) is 0 Å². The lowest BCUT2D eigenvalue weighted by atomic mass is 10.1. The summed E-state index contributed by atoms with van der Waals surface area (Å²) in [4.78, 5) is 4.48. The van der Waals surface area contributed by atoms with Crippen molar-refractivity contribution in [1.29, 1.82) is 0 Å². The van der Waals surface area contributed by atoms with Crippen LogP contribution < -0.4 is 5.32 Å². The minimum Gasteiger partial charge on any atom is -0.307 e. The fourth-order valence-electron chi connectivity index (χ4n) is 2.03. The van der Waals surface area contributed by atoms with Crippen LogP contribution in [0.3, 0.4) is 0 Å². The highest BCUT2D eigenvalue weighted by Gasteiger charge is 2.08. The minimum atomic E-state index is 0.270. The third-order valence-electron chi connectivity index (χ3n) is 3.03. The zero-order valence-electron chi connectivity index (χ0n) is 11.1. The Balaban J connectivity index is 1.89. The number of pyridine rings is 1. The molecule has 2 aromatic rings. The molecular formula is C16H19ClN2. The second-order valence-corrected chi connectivity index (χ2v) is 5.00. The molecule has 0 aliphatic rings. The largest absolute Gasteiger partial charge is 0.307 e. The molecule has 1 aromatic carbocycles. The molecule has 3 heteroatoms. The Morgan fingerprint density at radius 1 is 1.11 bits per heavy atom. The molecule has 0 saturated heterocycles. The lowest BCUT2D eigenvalue weighted by molar-refractivity contribution is 0.544. The van der Waals surface area contributed by atoms with Crippen LogP contribution in [0.2, 0.25) is 0 Å². The topological polar surface area (TPSA) is 24.9 Å². The molecule has 2 rings (SSSR count). The molecule has 1 heterocycles. The first-order chi connectivity index (χ1) is 9.28. The number of nitrogens with zero attached hydrogens (tertiary/aromatic N) is 1. The Hall–Kier alpha value is -1.38. The van der Waals surface area contributed by atoms with Crippen molar-refractivity contribution in [2.24, 2.45) is 0 Å². The second-order valence-electron chi connectivity index (χ2n) is 4.69. The zero-order valence-corrected chi connectivity index (χ0v) is 11.9. The van der Waals surface area contributed by atoms with Crippen molar-refractivity contribution < 1.29 is 0 Å². The van der Waals surface area contributed by atoms with E-state index < -0.39 is 0 Å². The normalized spacial score (nSPS) is 12.3. The van der Waals surface area contributed by atoms with Crippen LogP contribution in [0.15, 0.2) is 48.5 Å². The first-order valence-electron chi connectivity index (χ1n) is 6.54.